The van der Waals surface area contributed by atoms with Gasteiger partial charge in [0.25, 0.3) is 0 Å². The van der Waals surface area contributed by atoms with Gasteiger partial charge < -0.3 is 0 Å². The maximum atomic E-state index is 9.01. The maximum Gasteiger partial charge on any atom is 0.152 e. The van der Waals surface area contributed by atoms with E-state index in [1.165, 1.54) is 42.1 Å². The predicted molar refractivity (Wildman–Crippen MR) is 228 cm³/mol. The van der Waals surface area contributed by atoms with Gasteiger partial charge in [0.1, 0.15) is 0 Å². The van der Waals surface area contributed by atoms with Crippen LogP contribution in [0.3, 0.4) is 0 Å². The molecule has 0 radical (unpaired) electrons. The molecule has 0 saturated carbocycles. The van der Waals surface area contributed by atoms with Gasteiger partial charge in [0.15, 0.2) is 5.84 Å². The number of hydrogen-bond donors (Lipinski definition) is 1. The van der Waals surface area contributed by atoms with Crippen LogP contribution in [-0.2, 0) is 0 Å². The summed E-state index contributed by atoms with van der Waals surface area (Å²) in [5, 5.41) is 14.1. The number of nitrogens with one attached hydrogen (secondary N) is 1. The van der Waals surface area contributed by atoms with Crippen molar-refractivity contribution in [2.24, 2.45) is 4.99 Å². The molecule has 250 valence electrons. The van der Waals surface area contributed by atoms with Gasteiger partial charge in [-0.05, 0) is 86.1 Å². The van der Waals surface area contributed by atoms with Crippen LogP contribution in [0.4, 0.5) is 0 Å². The van der Waals surface area contributed by atoms with E-state index in [4.69, 9.17) is 10.4 Å². The van der Waals surface area contributed by atoms with Crippen LogP contribution in [0.15, 0.2) is 199 Å². The lowest BCUT2D eigenvalue weighted by Gasteiger charge is -2.13. The molecule has 8 aromatic carbocycles. The van der Waals surface area contributed by atoms with Gasteiger partial charge >= 0.3 is 0 Å². The highest BCUT2D eigenvalue weighted by atomic mass is 32.1. The minimum Gasteiger partial charge on any atom is -0.282 e. The molecule has 0 unspecified atom stereocenters. The summed E-state index contributed by atoms with van der Waals surface area (Å²) in [4.78, 5) is 4.98. The zero-order valence-corrected chi connectivity index (χ0v) is 29.7. The Morgan fingerprint density at radius 2 is 1.08 bits per heavy atom. The zero-order valence-electron chi connectivity index (χ0n) is 28.9. The van der Waals surface area contributed by atoms with E-state index >= 15 is 0 Å². The molecule has 0 fully saturated rings. The highest BCUT2D eigenvalue weighted by molar-refractivity contribution is 7.25. The Kier molecular flexibility index (Phi) is 8.61. The molecule has 1 N–H and O–H groups in total. The Labute approximate surface area is 313 Å². The molecule has 0 spiro atoms. The molecule has 0 bridgehead atoms. The largest absolute Gasteiger partial charge is 0.282 e. The zero-order chi connectivity index (χ0) is 35.6. The lowest BCUT2D eigenvalue weighted by molar-refractivity contribution is 1.41. The van der Waals surface area contributed by atoms with Crippen molar-refractivity contribution in [2.75, 3.05) is 0 Å². The first kappa shape index (κ1) is 32.2. The molecule has 0 atom stereocenters. The third kappa shape index (κ3) is 6.62. The molecule has 0 aliphatic carbocycles. The molecule has 1 heterocycles. The molecule has 0 aliphatic rings. The van der Waals surface area contributed by atoms with E-state index in [9.17, 15) is 0 Å². The van der Waals surface area contributed by atoms with Gasteiger partial charge in [-0.15, -0.1) is 11.3 Å². The third-order valence-electron chi connectivity index (χ3n) is 9.77. The van der Waals surface area contributed by atoms with Crippen molar-refractivity contribution in [3.8, 4) is 33.4 Å². The van der Waals surface area contributed by atoms with Gasteiger partial charge in [-0.25, -0.2) is 4.99 Å². The van der Waals surface area contributed by atoms with Crippen molar-refractivity contribution >= 4 is 59.9 Å². The van der Waals surface area contributed by atoms with Crippen LogP contribution in [0, 0.1) is 5.41 Å². The SMILES string of the molecule is N=C(N=C(/C=C/c1ccccc1)c1cc(-c2ccc(-c3cccc4ccccc34)cc2)cc(-c2ccc3c(c2)sc2ccccc23)c1)c1ccccc1. The summed E-state index contributed by atoms with van der Waals surface area (Å²) in [7, 11) is 0. The van der Waals surface area contributed by atoms with Gasteiger partial charge in [-0.1, -0.05) is 164 Å². The normalized spacial score (nSPS) is 11.9. The van der Waals surface area contributed by atoms with Crippen molar-refractivity contribution in [1.82, 2.24) is 0 Å². The van der Waals surface area contributed by atoms with E-state index in [1.54, 1.807) is 0 Å². The van der Waals surface area contributed by atoms with Crippen LogP contribution in [-0.4, -0.2) is 11.5 Å². The summed E-state index contributed by atoms with van der Waals surface area (Å²) in [6.45, 7) is 0. The highest BCUT2D eigenvalue weighted by Gasteiger charge is 2.13. The Hall–Kier alpha value is -6.68. The lowest BCUT2D eigenvalue weighted by atomic mass is 9.92. The predicted octanol–water partition coefficient (Wildman–Crippen LogP) is 13.7. The first-order valence-electron chi connectivity index (χ1n) is 17.8. The number of fused-ring (bicyclic) bond motifs is 4. The van der Waals surface area contributed by atoms with E-state index in [2.05, 4.69) is 146 Å². The number of nitrogens with zero attached hydrogens (tertiary/aromatic N) is 1. The second-order valence-electron chi connectivity index (χ2n) is 13.2. The van der Waals surface area contributed by atoms with Crippen molar-refractivity contribution in [2.45, 2.75) is 0 Å². The monoisotopic (exact) mass is 694 g/mol. The second kappa shape index (κ2) is 14.1. The highest BCUT2D eigenvalue weighted by Crippen LogP contribution is 2.38. The maximum absolute atomic E-state index is 9.01. The van der Waals surface area contributed by atoms with Gasteiger partial charge in [0, 0.05) is 31.3 Å². The summed E-state index contributed by atoms with van der Waals surface area (Å²) in [5.74, 6) is 0.219. The van der Waals surface area contributed by atoms with Crippen LogP contribution in [0.25, 0.3) is 70.4 Å². The van der Waals surface area contributed by atoms with E-state index < -0.39 is 0 Å². The third-order valence-corrected chi connectivity index (χ3v) is 10.9. The quantitative estimate of drug-likeness (QED) is 0.127. The molecular weight excluding hydrogens is 661 g/mol. The first-order chi connectivity index (χ1) is 26.2. The fourth-order valence-corrected chi connectivity index (χ4v) is 8.20. The smallest absolute Gasteiger partial charge is 0.152 e. The van der Waals surface area contributed by atoms with Crippen LogP contribution >= 0.6 is 11.3 Å². The number of allylic oxidation sites excluding steroid dienone is 1. The molecule has 9 rings (SSSR count). The Balaban J connectivity index is 1.20. The number of hydrogen-bond acceptors (Lipinski definition) is 2. The lowest BCUT2D eigenvalue weighted by Crippen LogP contribution is -2.04. The fourth-order valence-electron chi connectivity index (χ4n) is 7.05. The Bertz CT molecular complexity index is 2820. The summed E-state index contributed by atoms with van der Waals surface area (Å²) in [6, 6.07) is 66.0. The average molecular weight is 695 g/mol. The number of rotatable bonds is 7. The summed E-state index contributed by atoms with van der Waals surface area (Å²) < 4.78 is 2.55. The first-order valence-corrected chi connectivity index (χ1v) is 18.6. The van der Waals surface area contributed by atoms with E-state index in [0.717, 1.165) is 44.7 Å². The standard InChI is InChI=1S/C50H34N2S/c51-50(38-15-5-2-6-16-38)52-47(29-22-34-12-3-1-4-13-34)42-31-40(35-23-25-37(26-24-35)44-20-11-17-36-14-7-8-18-43(36)44)30-41(32-42)39-27-28-46-45-19-9-10-21-48(45)53-49(46)33-39/h1-33,51H/b29-22+,51-50?,52-47?. The second-order valence-corrected chi connectivity index (χ2v) is 14.3. The van der Waals surface area contributed by atoms with Crippen molar-refractivity contribution < 1.29 is 0 Å². The molecular formula is C50H34N2S. The number of benzene rings is 8. The van der Waals surface area contributed by atoms with Crippen LogP contribution in [0.5, 0.6) is 0 Å². The fraction of sp³-hybridized carbons (Fsp3) is 0. The van der Waals surface area contributed by atoms with Crippen molar-refractivity contribution in [3.05, 3.63) is 211 Å². The molecule has 1 aromatic heterocycles. The molecule has 9 aromatic rings. The van der Waals surface area contributed by atoms with Crippen molar-refractivity contribution in [1.29, 1.82) is 5.41 Å². The molecule has 2 nitrogen and oxygen atoms in total. The molecule has 0 aliphatic heterocycles. The minimum absolute atomic E-state index is 0.219. The van der Waals surface area contributed by atoms with Crippen LogP contribution in [0.1, 0.15) is 16.7 Å². The van der Waals surface area contributed by atoms with Gasteiger partial charge in [0.2, 0.25) is 0 Å². The molecule has 0 saturated heterocycles. The Morgan fingerprint density at radius 1 is 0.453 bits per heavy atom. The molecule has 53 heavy (non-hydrogen) atoms. The van der Waals surface area contributed by atoms with E-state index in [0.29, 0.717) is 0 Å². The number of aliphatic imine (C=N–C) groups is 1. The average Bonchev–Trinajstić information content (AvgIpc) is 3.61. The van der Waals surface area contributed by atoms with E-state index in [1.807, 2.05) is 65.9 Å². The topological polar surface area (TPSA) is 36.2 Å². The van der Waals surface area contributed by atoms with Gasteiger partial charge in [-0.3, -0.25) is 5.41 Å². The van der Waals surface area contributed by atoms with Gasteiger partial charge in [-0.2, -0.15) is 0 Å². The Morgan fingerprint density at radius 3 is 1.89 bits per heavy atom. The minimum atomic E-state index is 0.219. The van der Waals surface area contributed by atoms with Gasteiger partial charge in [0.05, 0.1) is 5.71 Å². The van der Waals surface area contributed by atoms with Crippen LogP contribution in [0.2, 0.25) is 0 Å². The van der Waals surface area contributed by atoms with Crippen LogP contribution < -0.4 is 0 Å². The molecule has 0 amide bonds. The number of thiophene rings is 1. The summed E-state index contributed by atoms with van der Waals surface area (Å²) >= 11 is 1.83. The molecule has 3 heteroatoms. The number of amidine groups is 1. The summed E-state index contributed by atoms with van der Waals surface area (Å²) in [5.41, 5.74) is 10.4. The van der Waals surface area contributed by atoms with E-state index in [-0.39, 0.29) is 5.84 Å². The summed E-state index contributed by atoms with van der Waals surface area (Å²) in [6.07, 6.45) is 4.11. The van der Waals surface area contributed by atoms with Crippen molar-refractivity contribution in [3.63, 3.8) is 0 Å².